The van der Waals surface area contributed by atoms with Gasteiger partial charge in [-0.3, -0.25) is 4.79 Å². The molecule has 0 aliphatic heterocycles. The molecule has 0 radical (unpaired) electrons. The molecule has 1 amide bonds. The van der Waals surface area contributed by atoms with Gasteiger partial charge in [0.25, 0.3) is 0 Å². The summed E-state index contributed by atoms with van der Waals surface area (Å²) in [5.41, 5.74) is 5.61. The van der Waals surface area contributed by atoms with Crippen molar-refractivity contribution < 1.29 is 4.79 Å². The van der Waals surface area contributed by atoms with Crippen LogP contribution in [0, 0.1) is 0 Å². The second-order valence-electron chi connectivity index (χ2n) is 5.59. The molecule has 100 valence electrons. The van der Waals surface area contributed by atoms with Gasteiger partial charge in [0, 0.05) is 6.04 Å². The SMILES string of the molecule is CCCCCC(C)NC(=O)C1(N)CCCCC1. The lowest BCUT2D eigenvalue weighted by Gasteiger charge is -2.33. The fraction of sp³-hybridized carbons (Fsp3) is 0.929. The van der Waals surface area contributed by atoms with Gasteiger partial charge in [-0.05, 0) is 26.2 Å². The highest BCUT2D eigenvalue weighted by Crippen LogP contribution is 2.26. The molecule has 17 heavy (non-hydrogen) atoms. The maximum Gasteiger partial charge on any atom is 0.240 e. The molecule has 1 unspecified atom stereocenters. The number of carbonyl (C=O) groups is 1. The average Bonchev–Trinajstić information content (AvgIpc) is 2.30. The van der Waals surface area contributed by atoms with Crippen molar-refractivity contribution in [3.05, 3.63) is 0 Å². The van der Waals surface area contributed by atoms with Gasteiger partial charge in [-0.15, -0.1) is 0 Å². The van der Waals surface area contributed by atoms with Gasteiger partial charge in [0.1, 0.15) is 0 Å². The van der Waals surface area contributed by atoms with Crippen LogP contribution >= 0.6 is 0 Å². The van der Waals surface area contributed by atoms with Gasteiger partial charge < -0.3 is 11.1 Å². The van der Waals surface area contributed by atoms with Crippen molar-refractivity contribution in [1.82, 2.24) is 5.32 Å². The van der Waals surface area contributed by atoms with Crippen LogP contribution in [0.4, 0.5) is 0 Å². The number of nitrogens with one attached hydrogen (secondary N) is 1. The van der Waals surface area contributed by atoms with Crippen molar-refractivity contribution in [1.29, 1.82) is 0 Å². The van der Waals surface area contributed by atoms with Crippen molar-refractivity contribution >= 4 is 5.91 Å². The number of unbranched alkanes of at least 4 members (excludes halogenated alkanes) is 2. The first-order valence-electron chi connectivity index (χ1n) is 7.18. The number of nitrogens with two attached hydrogens (primary N) is 1. The minimum absolute atomic E-state index is 0.0706. The summed E-state index contributed by atoms with van der Waals surface area (Å²) < 4.78 is 0. The fourth-order valence-electron chi connectivity index (χ4n) is 2.55. The zero-order valence-corrected chi connectivity index (χ0v) is 11.4. The summed E-state index contributed by atoms with van der Waals surface area (Å²) in [6, 6.07) is 0.261. The molecule has 0 bridgehead atoms. The first-order chi connectivity index (χ1) is 8.08. The highest BCUT2D eigenvalue weighted by molar-refractivity contribution is 5.86. The number of rotatable bonds is 6. The van der Waals surface area contributed by atoms with Crippen molar-refractivity contribution in [2.75, 3.05) is 0 Å². The van der Waals surface area contributed by atoms with E-state index < -0.39 is 5.54 Å². The van der Waals surface area contributed by atoms with Gasteiger partial charge in [0.15, 0.2) is 0 Å². The Hall–Kier alpha value is -0.570. The van der Waals surface area contributed by atoms with Gasteiger partial charge in [0.2, 0.25) is 5.91 Å². The lowest BCUT2D eigenvalue weighted by molar-refractivity contribution is -0.128. The normalized spacial score (nSPS) is 20.9. The summed E-state index contributed by atoms with van der Waals surface area (Å²) in [7, 11) is 0. The third-order valence-corrected chi connectivity index (χ3v) is 3.82. The lowest BCUT2D eigenvalue weighted by Crippen LogP contribution is -2.56. The zero-order valence-electron chi connectivity index (χ0n) is 11.4. The van der Waals surface area contributed by atoms with Gasteiger partial charge in [-0.2, -0.15) is 0 Å². The minimum atomic E-state index is -0.586. The Morgan fingerprint density at radius 2 is 1.94 bits per heavy atom. The molecule has 0 aromatic carbocycles. The third kappa shape index (κ3) is 4.66. The molecule has 1 atom stereocenters. The molecule has 0 spiro atoms. The summed E-state index contributed by atoms with van der Waals surface area (Å²) in [5, 5.41) is 3.09. The van der Waals surface area contributed by atoms with E-state index in [0.717, 1.165) is 32.1 Å². The van der Waals surface area contributed by atoms with Crippen molar-refractivity contribution in [2.24, 2.45) is 5.73 Å². The Morgan fingerprint density at radius 3 is 2.53 bits per heavy atom. The maximum atomic E-state index is 12.1. The molecule has 1 aliphatic rings. The monoisotopic (exact) mass is 240 g/mol. The predicted octanol–water partition coefficient (Wildman–Crippen LogP) is 2.73. The molecule has 1 rings (SSSR count). The predicted molar refractivity (Wildman–Crippen MR) is 71.8 cm³/mol. The van der Waals surface area contributed by atoms with E-state index in [9.17, 15) is 4.79 Å². The highest BCUT2D eigenvalue weighted by Gasteiger charge is 2.35. The molecule has 1 saturated carbocycles. The van der Waals surface area contributed by atoms with E-state index in [2.05, 4.69) is 19.2 Å². The standard InChI is InChI=1S/C14H28N2O/c1-3-4-6-9-12(2)16-13(17)14(15)10-7-5-8-11-14/h12H,3-11,15H2,1-2H3,(H,16,17). The van der Waals surface area contributed by atoms with E-state index in [-0.39, 0.29) is 11.9 Å². The fourth-order valence-corrected chi connectivity index (χ4v) is 2.55. The number of hydrogen-bond acceptors (Lipinski definition) is 2. The van der Waals surface area contributed by atoms with E-state index >= 15 is 0 Å². The van der Waals surface area contributed by atoms with Crippen LogP contribution in [0.2, 0.25) is 0 Å². The van der Waals surface area contributed by atoms with Crippen LogP contribution in [0.15, 0.2) is 0 Å². The van der Waals surface area contributed by atoms with Crippen molar-refractivity contribution in [3.63, 3.8) is 0 Å². The van der Waals surface area contributed by atoms with E-state index in [1.807, 2.05) is 0 Å². The van der Waals surface area contributed by atoms with E-state index in [0.29, 0.717) is 0 Å². The van der Waals surface area contributed by atoms with Gasteiger partial charge in [-0.25, -0.2) is 0 Å². The largest absolute Gasteiger partial charge is 0.352 e. The first-order valence-corrected chi connectivity index (χ1v) is 7.18. The summed E-state index contributed by atoms with van der Waals surface area (Å²) in [4.78, 5) is 12.1. The number of hydrogen-bond donors (Lipinski definition) is 2. The highest BCUT2D eigenvalue weighted by atomic mass is 16.2. The quantitative estimate of drug-likeness (QED) is 0.701. The van der Waals surface area contributed by atoms with Crippen LogP contribution in [0.5, 0.6) is 0 Å². The smallest absolute Gasteiger partial charge is 0.240 e. The lowest BCUT2D eigenvalue weighted by atomic mass is 9.81. The minimum Gasteiger partial charge on any atom is -0.352 e. The Labute approximate surface area is 106 Å². The van der Waals surface area contributed by atoms with E-state index in [4.69, 9.17) is 5.73 Å². The van der Waals surface area contributed by atoms with Crippen LogP contribution in [0.3, 0.4) is 0 Å². The molecule has 0 heterocycles. The summed E-state index contributed by atoms with van der Waals surface area (Å²) in [6.45, 7) is 4.28. The van der Waals surface area contributed by atoms with Gasteiger partial charge in [0.05, 0.1) is 5.54 Å². The Balaban J connectivity index is 2.31. The number of amides is 1. The maximum absolute atomic E-state index is 12.1. The molecule has 3 nitrogen and oxygen atoms in total. The molecule has 0 aromatic heterocycles. The topological polar surface area (TPSA) is 55.1 Å². The van der Waals surface area contributed by atoms with Crippen LogP contribution in [0.1, 0.15) is 71.6 Å². The Morgan fingerprint density at radius 1 is 1.29 bits per heavy atom. The summed E-state index contributed by atoms with van der Waals surface area (Å²) in [6.07, 6.45) is 9.82. The molecule has 1 aliphatic carbocycles. The second kappa shape index (κ2) is 7.00. The van der Waals surface area contributed by atoms with E-state index in [1.165, 1.54) is 25.7 Å². The molecule has 3 heteroatoms. The van der Waals surface area contributed by atoms with Crippen LogP contribution < -0.4 is 11.1 Å². The first kappa shape index (κ1) is 14.5. The third-order valence-electron chi connectivity index (χ3n) is 3.82. The molecule has 1 fully saturated rings. The Bertz CT molecular complexity index is 234. The van der Waals surface area contributed by atoms with Crippen molar-refractivity contribution in [2.45, 2.75) is 83.2 Å². The molecule has 0 saturated heterocycles. The molecular formula is C14H28N2O. The zero-order chi connectivity index (χ0) is 12.7. The van der Waals surface area contributed by atoms with Crippen molar-refractivity contribution in [3.8, 4) is 0 Å². The van der Waals surface area contributed by atoms with Gasteiger partial charge >= 0.3 is 0 Å². The summed E-state index contributed by atoms with van der Waals surface area (Å²) >= 11 is 0. The molecule has 0 aromatic rings. The number of carbonyl (C=O) groups excluding carboxylic acids is 1. The molecule has 3 N–H and O–H groups in total. The average molecular weight is 240 g/mol. The van der Waals surface area contributed by atoms with Crippen LogP contribution in [0.25, 0.3) is 0 Å². The molecular weight excluding hydrogens is 212 g/mol. The van der Waals surface area contributed by atoms with Gasteiger partial charge in [-0.1, -0.05) is 45.4 Å². The Kier molecular flexibility index (Phi) is 5.96. The van der Waals surface area contributed by atoms with Crippen LogP contribution in [-0.4, -0.2) is 17.5 Å². The second-order valence-corrected chi connectivity index (χ2v) is 5.59. The summed E-state index contributed by atoms with van der Waals surface area (Å²) in [5.74, 6) is 0.0706. The van der Waals surface area contributed by atoms with Crippen LogP contribution in [-0.2, 0) is 4.79 Å². The van der Waals surface area contributed by atoms with E-state index in [1.54, 1.807) is 0 Å².